The summed E-state index contributed by atoms with van der Waals surface area (Å²) in [6, 6.07) is -0.266. The van der Waals surface area contributed by atoms with Crippen LogP contribution in [0.3, 0.4) is 0 Å². The van der Waals surface area contributed by atoms with Crippen molar-refractivity contribution in [1.29, 1.82) is 0 Å². The maximum Gasteiger partial charge on any atom is 0.333 e. The van der Waals surface area contributed by atoms with Crippen LogP contribution in [0, 0.1) is 5.92 Å². The molecule has 1 heterocycles. The van der Waals surface area contributed by atoms with Gasteiger partial charge in [0.25, 0.3) is 5.91 Å². The van der Waals surface area contributed by atoms with E-state index in [1.807, 2.05) is 0 Å². The van der Waals surface area contributed by atoms with E-state index in [0.717, 1.165) is 4.90 Å². The van der Waals surface area contributed by atoms with Crippen molar-refractivity contribution in [1.82, 2.24) is 4.90 Å². The van der Waals surface area contributed by atoms with Gasteiger partial charge in [0.1, 0.15) is 6.10 Å². The Morgan fingerprint density at radius 1 is 1.29 bits per heavy atom. The SMILES string of the molecule is C=C(C)C(=O)OCC(=O)N1C(=O)C2CC(OC(C)=O)CC21. The van der Waals surface area contributed by atoms with Crippen LogP contribution in [-0.4, -0.2) is 47.4 Å². The fraction of sp³-hybridized carbons (Fsp3) is 0.571. The van der Waals surface area contributed by atoms with Crippen LogP contribution in [0.4, 0.5) is 0 Å². The summed E-state index contributed by atoms with van der Waals surface area (Å²) in [5.74, 6) is -2.21. The Balaban J connectivity index is 1.89. The van der Waals surface area contributed by atoms with E-state index in [1.54, 1.807) is 0 Å². The summed E-state index contributed by atoms with van der Waals surface area (Å²) in [4.78, 5) is 47.1. The normalized spacial score (nSPS) is 26.7. The third-order valence-electron chi connectivity index (χ3n) is 3.65. The van der Waals surface area contributed by atoms with E-state index in [0.29, 0.717) is 12.8 Å². The molecule has 2 fully saturated rings. The van der Waals surface area contributed by atoms with Crippen molar-refractivity contribution in [3.05, 3.63) is 12.2 Å². The summed E-state index contributed by atoms with van der Waals surface area (Å²) in [6.07, 6.45) is 0.548. The first-order chi connectivity index (χ1) is 9.81. The van der Waals surface area contributed by atoms with Crippen molar-refractivity contribution in [2.24, 2.45) is 5.92 Å². The monoisotopic (exact) mass is 295 g/mol. The van der Waals surface area contributed by atoms with Crippen molar-refractivity contribution >= 4 is 23.8 Å². The minimum absolute atomic E-state index is 0.186. The number of hydrogen-bond donors (Lipinski definition) is 0. The van der Waals surface area contributed by atoms with Crippen LogP contribution in [0.15, 0.2) is 12.2 Å². The molecule has 114 valence electrons. The smallest absolute Gasteiger partial charge is 0.333 e. The van der Waals surface area contributed by atoms with Crippen molar-refractivity contribution in [2.45, 2.75) is 38.8 Å². The van der Waals surface area contributed by atoms with Gasteiger partial charge in [0, 0.05) is 18.9 Å². The number of amides is 2. The predicted octanol–water partition coefficient (Wildman–Crippen LogP) is 0.185. The highest BCUT2D eigenvalue weighted by Crippen LogP contribution is 2.41. The standard InChI is InChI=1S/C14H17NO6/c1-7(2)14(19)20-6-12(17)15-11-5-9(21-8(3)16)4-10(11)13(15)18/h9-11H,1,4-6H2,2-3H3. The van der Waals surface area contributed by atoms with E-state index < -0.39 is 24.5 Å². The molecule has 7 nitrogen and oxygen atoms in total. The van der Waals surface area contributed by atoms with E-state index in [2.05, 4.69) is 6.58 Å². The van der Waals surface area contributed by atoms with Gasteiger partial charge in [-0.3, -0.25) is 19.3 Å². The number of rotatable bonds is 4. The average molecular weight is 295 g/mol. The average Bonchev–Trinajstić information content (AvgIpc) is 2.74. The number of ether oxygens (including phenoxy) is 2. The Kier molecular flexibility index (Phi) is 4.11. The highest BCUT2D eigenvalue weighted by molar-refractivity contribution is 6.03. The first-order valence-corrected chi connectivity index (χ1v) is 6.67. The van der Waals surface area contributed by atoms with Crippen LogP contribution < -0.4 is 0 Å². The molecular formula is C14H17NO6. The highest BCUT2D eigenvalue weighted by Gasteiger charge is 2.56. The zero-order chi connectivity index (χ0) is 15.7. The minimum Gasteiger partial charge on any atom is -0.462 e. The van der Waals surface area contributed by atoms with Crippen LogP contribution in [0.2, 0.25) is 0 Å². The lowest BCUT2D eigenvalue weighted by molar-refractivity contribution is -0.168. The second-order valence-electron chi connectivity index (χ2n) is 5.34. The van der Waals surface area contributed by atoms with Crippen LogP contribution in [0.25, 0.3) is 0 Å². The molecule has 3 atom stereocenters. The highest BCUT2D eigenvalue weighted by atomic mass is 16.5. The van der Waals surface area contributed by atoms with E-state index in [1.165, 1.54) is 13.8 Å². The second kappa shape index (κ2) is 5.67. The van der Waals surface area contributed by atoms with Gasteiger partial charge in [-0.1, -0.05) is 6.58 Å². The topological polar surface area (TPSA) is 90.0 Å². The molecule has 0 N–H and O–H groups in total. The van der Waals surface area contributed by atoms with Gasteiger partial charge >= 0.3 is 11.9 Å². The molecule has 0 aromatic rings. The quantitative estimate of drug-likeness (QED) is 0.417. The maximum absolute atomic E-state index is 11.9. The Bertz CT molecular complexity index is 526. The molecule has 1 saturated heterocycles. The van der Waals surface area contributed by atoms with Crippen LogP contribution in [-0.2, 0) is 28.7 Å². The summed E-state index contributed by atoms with van der Waals surface area (Å²) >= 11 is 0. The number of hydrogen-bond acceptors (Lipinski definition) is 6. The molecule has 0 aromatic heterocycles. The van der Waals surface area contributed by atoms with Gasteiger partial charge in [-0.25, -0.2) is 4.79 Å². The van der Waals surface area contributed by atoms with Gasteiger partial charge in [0.05, 0.1) is 12.0 Å². The number of carbonyl (C=O) groups excluding carboxylic acids is 4. The summed E-state index contributed by atoms with van der Waals surface area (Å²) in [5.41, 5.74) is 0.186. The van der Waals surface area contributed by atoms with E-state index in [4.69, 9.17) is 9.47 Å². The third kappa shape index (κ3) is 2.96. The molecular weight excluding hydrogens is 278 g/mol. The number of fused-ring (bicyclic) bond motifs is 1. The molecule has 21 heavy (non-hydrogen) atoms. The second-order valence-corrected chi connectivity index (χ2v) is 5.34. The van der Waals surface area contributed by atoms with Crippen LogP contribution >= 0.6 is 0 Å². The Morgan fingerprint density at radius 3 is 2.52 bits per heavy atom. The van der Waals surface area contributed by atoms with Gasteiger partial charge in [-0.2, -0.15) is 0 Å². The summed E-state index contributed by atoms with van der Waals surface area (Å²) in [7, 11) is 0. The summed E-state index contributed by atoms with van der Waals surface area (Å²) in [5, 5.41) is 0. The summed E-state index contributed by atoms with van der Waals surface area (Å²) < 4.78 is 9.82. The molecule has 2 amide bonds. The minimum atomic E-state index is -0.669. The van der Waals surface area contributed by atoms with Crippen molar-refractivity contribution in [3.63, 3.8) is 0 Å². The number of likely N-dealkylation sites (tertiary alicyclic amines) is 1. The first-order valence-electron chi connectivity index (χ1n) is 6.67. The lowest BCUT2D eigenvalue weighted by Crippen LogP contribution is -2.61. The lowest BCUT2D eigenvalue weighted by atomic mass is 9.90. The molecule has 2 aliphatic rings. The van der Waals surface area contributed by atoms with Crippen molar-refractivity contribution in [3.8, 4) is 0 Å². The Morgan fingerprint density at radius 2 is 1.95 bits per heavy atom. The zero-order valence-corrected chi connectivity index (χ0v) is 12.0. The maximum atomic E-state index is 11.9. The zero-order valence-electron chi connectivity index (χ0n) is 12.0. The molecule has 0 bridgehead atoms. The van der Waals surface area contributed by atoms with E-state index in [9.17, 15) is 19.2 Å². The summed E-state index contributed by atoms with van der Waals surface area (Å²) in [6.45, 7) is 5.69. The number of nitrogens with zero attached hydrogens (tertiary/aromatic N) is 1. The Hall–Kier alpha value is -2.18. The third-order valence-corrected chi connectivity index (χ3v) is 3.65. The molecule has 3 unspecified atom stereocenters. The fourth-order valence-electron chi connectivity index (χ4n) is 2.74. The lowest BCUT2D eigenvalue weighted by Gasteiger charge is -2.41. The van der Waals surface area contributed by atoms with E-state index in [-0.39, 0.29) is 29.5 Å². The molecule has 2 rings (SSSR count). The number of carbonyl (C=O) groups is 4. The number of esters is 2. The van der Waals surface area contributed by atoms with Gasteiger partial charge in [-0.15, -0.1) is 0 Å². The Labute approximate surface area is 121 Å². The van der Waals surface area contributed by atoms with Gasteiger partial charge < -0.3 is 9.47 Å². The van der Waals surface area contributed by atoms with Gasteiger partial charge in [-0.05, 0) is 13.3 Å². The molecule has 0 spiro atoms. The molecule has 7 heteroatoms. The van der Waals surface area contributed by atoms with E-state index >= 15 is 0 Å². The van der Waals surface area contributed by atoms with Crippen molar-refractivity contribution in [2.75, 3.05) is 6.61 Å². The molecule has 0 aromatic carbocycles. The first kappa shape index (κ1) is 15.2. The fourth-order valence-corrected chi connectivity index (χ4v) is 2.74. The molecule has 1 aliphatic heterocycles. The predicted molar refractivity (Wildman–Crippen MR) is 69.7 cm³/mol. The van der Waals surface area contributed by atoms with Crippen LogP contribution in [0.1, 0.15) is 26.7 Å². The van der Waals surface area contributed by atoms with Gasteiger partial charge in [0.15, 0.2) is 6.61 Å². The number of imide groups is 1. The van der Waals surface area contributed by atoms with Crippen molar-refractivity contribution < 1.29 is 28.7 Å². The number of β-lactam (4-membered cyclic amide) rings is 1. The molecule has 0 radical (unpaired) electrons. The van der Waals surface area contributed by atoms with Crippen LogP contribution in [0.5, 0.6) is 0 Å². The molecule has 1 saturated carbocycles. The molecule has 1 aliphatic carbocycles. The van der Waals surface area contributed by atoms with Gasteiger partial charge in [0.2, 0.25) is 5.91 Å². The largest absolute Gasteiger partial charge is 0.462 e.